The van der Waals surface area contributed by atoms with E-state index in [2.05, 4.69) is 0 Å². The summed E-state index contributed by atoms with van der Waals surface area (Å²) in [5.74, 6) is 0. The van der Waals surface area contributed by atoms with Crippen LogP contribution in [0.15, 0.2) is 182 Å². The van der Waals surface area contributed by atoms with Gasteiger partial charge in [-0.3, -0.25) is 0 Å². The first-order chi connectivity index (χ1) is 23.4. The molecule has 0 aliphatic carbocycles. The second kappa shape index (κ2) is 21.3. The van der Waals surface area contributed by atoms with Crippen molar-refractivity contribution in [2.75, 3.05) is 14.7 Å². The average Bonchev–Trinajstić information content (AvgIpc) is 3.12. The zero-order valence-corrected chi connectivity index (χ0v) is 31.9. The number of nitrogens with zero attached hydrogens (tertiary/aromatic N) is 3. The van der Waals surface area contributed by atoms with Gasteiger partial charge in [0.15, 0.2) is 0 Å². The molecule has 0 radical (unpaired) electrons. The van der Waals surface area contributed by atoms with Crippen LogP contribution in [0.5, 0.6) is 0 Å². The molecule has 6 aromatic carbocycles. The maximum absolute atomic E-state index is 5.12. The van der Waals surface area contributed by atoms with Crippen molar-refractivity contribution in [2.45, 2.75) is 0 Å². The summed E-state index contributed by atoms with van der Waals surface area (Å²) in [5, 5.41) is 0. The zero-order valence-electron chi connectivity index (χ0n) is 25.9. The van der Waals surface area contributed by atoms with E-state index in [1.165, 1.54) is 0 Å². The Kier molecular flexibility index (Phi) is 17.2. The van der Waals surface area contributed by atoms with E-state index in [4.69, 9.17) is 74.5 Å². The third kappa shape index (κ3) is 12.2. The van der Waals surface area contributed by atoms with Crippen LogP contribution in [0, 0.1) is 0 Å². The Morgan fingerprint density at radius 2 is 0.408 bits per heavy atom. The molecule has 10 heteroatoms. The molecule has 0 bridgehead atoms. The van der Waals surface area contributed by atoms with Gasteiger partial charge in [0, 0.05) is 34.1 Å². The smallest absolute Gasteiger partial charge is 0.411 e. The second-order valence-electron chi connectivity index (χ2n) is 9.82. The molecule has 0 fully saturated rings. The Balaban J connectivity index is 0.000000197. The molecule has 3 nitrogen and oxygen atoms in total. The van der Waals surface area contributed by atoms with Crippen molar-refractivity contribution in [1.29, 1.82) is 0 Å². The Hall–Kier alpha value is -3.84. The molecule has 0 unspecified atom stereocenters. The molecule has 0 atom stereocenters. The van der Waals surface area contributed by atoms with E-state index in [0.717, 1.165) is 34.1 Å². The maximum atomic E-state index is 5.12. The molecule has 0 aliphatic rings. The minimum absolute atomic E-state index is 0. The summed E-state index contributed by atoms with van der Waals surface area (Å²) in [5.41, 5.74) is 5.97. The summed E-state index contributed by atoms with van der Waals surface area (Å²) in [4.78, 5) is 5.64. The predicted octanol–water partition coefficient (Wildman–Crippen LogP) is 11.0. The molecular formula is C39H30CoN3S6. The summed E-state index contributed by atoms with van der Waals surface area (Å²) in [7, 11) is 0. The molecule has 0 aromatic heterocycles. The average molecular weight is 792 g/mol. The van der Waals surface area contributed by atoms with E-state index >= 15 is 0 Å². The normalized spacial score (nSPS) is 9.55. The summed E-state index contributed by atoms with van der Waals surface area (Å²) < 4.78 is 1.28. The number of rotatable bonds is 6. The maximum Gasteiger partial charge on any atom is 3.00 e. The van der Waals surface area contributed by atoms with E-state index in [-0.39, 0.29) is 16.8 Å². The van der Waals surface area contributed by atoms with Crippen LogP contribution in [0.2, 0.25) is 0 Å². The van der Waals surface area contributed by atoms with Crippen molar-refractivity contribution in [1.82, 2.24) is 0 Å². The van der Waals surface area contributed by atoms with Crippen molar-refractivity contribution in [3.63, 3.8) is 0 Å². The molecule has 0 spiro atoms. The number of para-hydroxylation sites is 6. The Morgan fingerprint density at radius 3 is 0.510 bits per heavy atom. The molecule has 0 saturated carbocycles. The van der Waals surface area contributed by atoms with E-state index in [0.29, 0.717) is 13.0 Å². The van der Waals surface area contributed by atoms with E-state index in [1.807, 2.05) is 197 Å². The number of anilines is 6. The van der Waals surface area contributed by atoms with Crippen molar-refractivity contribution in [3.05, 3.63) is 182 Å². The van der Waals surface area contributed by atoms with Crippen LogP contribution in [-0.4, -0.2) is 13.0 Å². The molecule has 0 heterocycles. The van der Waals surface area contributed by atoms with E-state index in [9.17, 15) is 0 Å². The van der Waals surface area contributed by atoms with Gasteiger partial charge < -0.3 is 89.2 Å². The number of benzene rings is 6. The van der Waals surface area contributed by atoms with Gasteiger partial charge in [0.1, 0.15) is 0 Å². The molecule has 6 aromatic rings. The first-order valence-corrected chi connectivity index (χ1v) is 17.2. The third-order valence-electron chi connectivity index (χ3n) is 6.63. The molecule has 49 heavy (non-hydrogen) atoms. The van der Waals surface area contributed by atoms with Crippen LogP contribution in [-0.2, 0) is 54.7 Å². The van der Waals surface area contributed by atoms with Gasteiger partial charge in [-0.15, -0.1) is 0 Å². The van der Waals surface area contributed by atoms with Crippen LogP contribution in [0.3, 0.4) is 0 Å². The largest absolute Gasteiger partial charge is 3.00 e. The number of thiocarbonyl (C=S) groups is 3. The summed E-state index contributed by atoms with van der Waals surface area (Å²) in [6.45, 7) is 0. The first kappa shape index (κ1) is 39.6. The SMILES string of the molecule is S=C([S-])N(c1ccccc1)c1ccccc1.S=C([S-])N(c1ccccc1)c1ccccc1.S=C([S-])N(c1ccccc1)c1ccccc1.[Co+3]. The fraction of sp³-hybridized carbons (Fsp3) is 0. The molecule has 6 rings (SSSR count). The summed E-state index contributed by atoms with van der Waals surface area (Å²) in [6, 6.07) is 59.4. The van der Waals surface area contributed by atoms with Crippen LogP contribution in [0.25, 0.3) is 0 Å². The van der Waals surface area contributed by atoms with Gasteiger partial charge in [-0.25, -0.2) is 0 Å². The minimum atomic E-state index is 0. The summed E-state index contributed by atoms with van der Waals surface area (Å²) >= 11 is 30.7. The molecule has 0 N–H and O–H groups in total. The third-order valence-corrected chi connectivity index (χ3v) is 7.73. The number of hydrogen-bond donors (Lipinski definition) is 0. The molecule has 0 aliphatic heterocycles. The molecule has 246 valence electrons. The van der Waals surface area contributed by atoms with Crippen molar-refractivity contribution >= 4 is 122 Å². The second-order valence-corrected chi connectivity index (χ2v) is 12.9. The van der Waals surface area contributed by atoms with Crippen LogP contribution in [0.4, 0.5) is 34.1 Å². The van der Waals surface area contributed by atoms with Crippen LogP contribution in [0.1, 0.15) is 0 Å². The minimum Gasteiger partial charge on any atom is -0.411 e. The zero-order chi connectivity index (χ0) is 34.1. The van der Waals surface area contributed by atoms with E-state index in [1.54, 1.807) is 0 Å². The summed E-state index contributed by atoms with van der Waals surface area (Å²) in [6.07, 6.45) is 0. The van der Waals surface area contributed by atoms with Gasteiger partial charge in [-0.2, -0.15) is 0 Å². The van der Waals surface area contributed by atoms with Gasteiger partial charge in [0.25, 0.3) is 0 Å². The van der Waals surface area contributed by atoms with Crippen LogP contribution < -0.4 is 14.7 Å². The van der Waals surface area contributed by atoms with E-state index < -0.39 is 0 Å². The van der Waals surface area contributed by atoms with Gasteiger partial charge in [0.05, 0.1) is 0 Å². The molecule has 0 amide bonds. The first-order valence-electron chi connectivity index (χ1n) is 14.7. The number of hydrogen-bond acceptors (Lipinski definition) is 6. The van der Waals surface area contributed by atoms with Gasteiger partial charge >= 0.3 is 16.8 Å². The predicted molar refractivity (Wildman–Crippen MR) is 225 cm³/mol. The monoisotopic (exact) mass is 791 g/mol. The standard InChI is InChI=1S/3C13H11NS2.Co/c3*15-13(16)14(11-7-3-1-4-8-11)12-9-5-2-6-10-12;/h3*1-10H,(H,15,16);/q;;;+3/p-3. The van der Waals surface area contributed by atoms with Gasteiger partial charge in [-0.1, -0.05) is 122 Å². The Labute approximate surface area is 332 Å². The van der Waals surface area contributed by atoms with Crippen molar-refractivity contribution < 1.29 is 16.8 Å². The van der Waals surface area contributed by atoms with Gasteiger partial charge in [-0.05, 0) is 72.8 Å². The topological polar surface area (TPSA) is 9.72 Å². The van der Waals surface area contributed by atoms with Crippen molar-refractivity contribution in [3.8, 4) is 0 Å². The van der Waals surface area contributed by atoms with Gasteiger partial charge in [0.2, 0.25) is 0 Å². The molecule has 0 saturated heterocycles. The van der Waals surface area contributed by atoms with Crippen molar-refractivity contribution in [2.24, 2.45) is 0 Å². The Bertz CT molecular complexity index is 1510. The van der Waals surface area contributed by atoms with Crippen LogP contribution >= 0.6 is 36.7 Å². The fourth-order valence-corrected chi connectivity index (χ4v) is 5.81. The Morgan fingerprint density at radius 1 is 0.286 bits per heavy atom. The molecular weight excluding hydrogens is 762 g/mol. The quantitative estimate of drug-likeness (QED) is 0.119. The fourth-order valence-electron chi connectivity index (χ4n) is 4.54.